The third kappa shape index (κ3) is 9.66. The number of nitriles is 1. The minimum absolute atomic E-state index is 0.691. The normalized spacial score (nSPS) is 10.6. The summed E-state index contributed by atoms with van der Waals surface area (Å²) in [4.78, 5) is 0. The number of hydrogen-bond acceptors (Lipinski definition) is 2. The van der Waals surface area contributed by atoms with E-state index in [1.807, 2.05) is 36.4 Å². The summed E-state index contributed by atoms with van der Waals surface area (Å²) in [5.74, 6) is 0.936. The Morgan fingerprint density at radius 1 is 0.621 bits per heavy atom. The van der Waals surface area contributed by atoms with E-state index in [2.05, 4.69) is 25.1 Å². The van der Waals surface area contributed by atoms with Crippen LogP contribution in [0.3, 0.4) is 0 Å². The Morgan fingerprint density at radius 3 is 1.55 bits per heavy atom. The van der Waals surface area contributed by atoms with Gasteiger partial charge >= 0.3 is 0 Å². The van der Waals surface area contributed by atoms with Gasteiger partial charge in [0.2, 0.25) is 0 Å². The molecule has 0 aromatic heterocycles. The van der Waals surface area contributed by atoms with E-state index < -0.39 is 0 Å². The topological polar surface area (TPSA) is 33.0 Å². The quantitative estimate of drug-likeness (QED) is 0.286. The zero-order valence-corrected chi connectivity index (χ0v) is 18.2. The number of unbranched alkanes of at least 4 members (excludes halogenated alkanes) is 11. The highest BCUT2D eigenvalue weighted by Crippen LogP contribution is 2.23. The Balaban J connectivity index is 1.50. The van der Waals surface area contributed by atoms with Crippen LogP contribution < -0.4 is 4.74 Å². The minimum atomic E-state index is 0.691. The van der Waals surface area contributed by atoms with E-state index in [1.165, 1.54) is 70.6 Å². The summed E-state index contributed by atoms with van der Waals surface area (Å²) < 4.78 is 5.88. The Bertz CT molecular complexity index is 697. The Labute approximate surface area is 177 Å². The molecular weight excluding hydrogens is 354 g/mol. The van der Waals surface area contributed by atoms with Crippen molar-refractivity contribution in [1.29, 1.82) is 5.26 Å². The monoisotopic (exact) mass is 391 g/mol. The zero-order valence-electron chi connectivity index (χ0n) is 18.2. The largest absolute Gasteiger partial charge is 0.494 e. The first-order valence-corrected chi connectivity index (χ1v) is 11.6. The van der Waals surface area contributed by atoms with E-state index in [0.29, 0.717) is 5.56 Å². The van der Waals surface area contributed by atoms with Crippen molar-refractivity contribution in [2.24, 2.45) is 0 Å². The number of rotatable bonds is 15. The summed E-state index contributed by atoms with van der Waals surface area (Å²) >= 11 is 0. The maximum atomic E-state index is 8.89. The lowest BCUT2D eigenvalue weighted by molar-refractivity contribution is 0.304. The Morgan fingerprint density at radius 2 is 1.07 bits per heavy atom. The fraction of sp³-hybridized carbons (Fsp3) is 0.519. The molecular formula is C27H37NO. The molecule has 0 saturated heterocycles. The van der Waals surface area contributed by atoms with Crippen LogP contribution in [0.2, 0.25) is 0 Å². The smallest absolute Gasteiger partial charge is 0.119 e. The number of benzene rings is 2. The summed E-state index contributed by atoms with van der Waals surface area (Å²) in [6, 6.07) is 18.1. The SMILES string of the molecule is CCCCCCCCCCCCCCOc1ccc(-c2ccc(C#N)cc2)cc1. The van der Waals surface area contributed by atoms with Gasteiger partial charge in [0.15, 0.2) is 0 Å². The summed E-state index contributed by atoms with van der Waals surface area (Å²) in [7, 11) is 0. The lowest BCUT2D eigenvalue weighted by atomic mass is 10.0. The lowest BCUT2D eigenvalue weighted by Crippen LogP contribution is -1.97. The number of ether oxygens (including phenoxy) is 1. The van der Waals surface area contributed by atoms with Gasteiger partial charge in [-0.15, -0.1) is 0 Å². The van der Waals surface area contributed by atoms with E-state index in [-0.39, 0.29) is 0 Å². The number of hydrogen-bond donors (Lipinski definition) is 0. The molecule has 0 amide bonds. The molecule has 2 heteroatoms. The van der Waals surface area contributed by atoms with Gasteiger partial charge in [0, 0.05) is 0 Å². The lowest BCUT2D eigenvalue weighted by Gasteiger charge is -2.08. The molecule has 156 valence electrons. The third-order valence-corrected chi connectivity index (χ3v) is 5.47. The average Bonchev–Trinajstić information content (AvgIpc) is 2.77. The first-order valence-electron chi connectivity index (χ1n) is 11.6. The first-order chi connectivity index (χ1) is 14.3. The van der Waals surface area contributed by atoms with E-state index in [4.69, 9.17) is 10.00 Å². The molecule has 0 N–H and O–H groups in total. The molecule has 29 heavy (non-hydrogen) atoms. The van der Waals surface area contributed by atoms with Crippen LogP contribution in [0.25, 0.3) is 11.1 Å². The molecule has 2 aromatic carbocycles. The van der Waals surface area contributed by atoms with Crippen LogP contribution in [0, 0.1) is 11.3 Å². The molecule has 0 radical (unpaired) electrons. The van der Waals surface area contributed by atoms with Gasteiger partial charge in [-0.25, -0.2) is 0 Å². The Hall–Kier alpha value is -2.27. The molecule has 2 rings (SSSR count). The zero-order chi connectivity index (χ0) is 20.6. The van der Waals surface area contributed by atoms with Crippen molar-refractivity contribution in [3.8, 4) is 22.9 Å². The fourth-order valence-corrected chi connectivity index (χ4v) is 3.61. The summed E-state index contributed by atoms with van der Waals surface area (Å²) in [5.41, 5.74) is 2.96. The molecule has 2 nitrogen and oxygen atoms in total. The van der Waals surface area contributed by atoms with Crippen molar-refractivity contribution >= 4 is 0 Å². The molecule has 0 heterocycles. The molecule has 0 bridgehead atoms. The van der Waals surface area contributed by atoms with Gasteiger partial charge in [-0.3, -0.25) is 0 Å². The van der Waals surface area contributed by atoms with Crippen LogP contribution in [0.4, 0.5) is 0 Å². The molecule has 0 spiro atoms. The second-order valence-corrected chi connectivity index (χ2v) is 7.95. The summed E-state index contributed by atoms with van der Waals surface area (Å²) in [5, 5.41) is 8.89. The van der Waals surface area contributed by atoms with E-state index in [0.717, 1.165) is 29.9 Å². The van der Waals surface area contributed by atoms with Crippen molar-refractivity contribution in [1.82, 2.24) is 0 Å². The maximum Gasteiger partial charge on any atom is 0.119 e. The van der Waals surface area contributed by atoms with Crippen molar-refractivity contribution in [3.05, 3.63) is 54.1 Å². The first kappa shape index (κ1) is 23.0. The highest BCUT2D eigenvalue weighted by Gasteiger charge is 2.00. The highest BCUT2D eigenvalue weighted by molar-refractivity contribution is 5.64. The van der Waals surface area contributed by atoms with E-state index in [1.54, 1.807) is 0 Å². The fourth-order valence-electron chi connectivity index (χ4n) is 3.61. The second kappa shape index (κ2) is 14.7. The van der Waals surface area contributed by atoms with Crippen LogP contribution in [-0.4, -0.2) is 6.61 Å². The molecule has 0 atom stereocenters. The standard InChI is InChI=1S/C27H37NO/c1-2-3-4-5-6-7-8-9-10-11-12-13-22-29-27-20-18-26(19-21-27)25-16-14-24(23-28)15-17-25/h14-21H,2-13,22H2,1H3. The van der Waals surface area contributed by atoms with E-state index >= 15 is 0 Å². The molecule has 0 fully saturated rings. The van der Waals surface area contributed by atoms with Crippen molar-refractivity contribution in [2.45, 2.75) is 84.0 Å². The molecule has 0 aliphatic carbocycles. The summed E-state index contributed by atoms with van der Waals surface area (Å²) in [6.07, 6.45) is 16.4. The molecule has 0 aliphatic rings. The molecule has 0 unspecified atom stereocenters. The predicted molar refractivity (Wildman–Crippen MR) is 123 cm³/mol. The minimum Gasteiger partial charge on any atom is -0.494 e. The van der Waals surface area contributed by atoms with Gasteiger partial charge < -0.3 is 4.74 Å². The Kier molecular flexibility index (Phi) is 11.7. The van der Waals surface area contributed by atoms with Gasteiger partial charge in [0.25, 0.3) is 0 Å². The van der Waals surface area contributed by atoms with Crippen LogP contribution in [-0.2, 0) is 0 Å². The van der Waals surface area contributed by atoms with Crippen LogP contribution in [0.5, 0.6) is 5.75 Å². The van der Waals surface area contributed by atoms with Gasteiger partial charge in [-0.2, -0.15) is 5.26 Å². The van der Waals surface area contributed by atoms with Gasteiger partial charge in [0.1, 0.15) is 5.75 Å². The molecule has 2 aromatic rings. The second-order valence-electron chi connectivity index (χ2n) is 7.95. The summed E-state index contributed by atoms with van der Waals surface area (Å²) in [6.45, 7) is 3.08. The highest BCUT2D eigenvalue weighted by atomic mass is 16.5. The van der Waals surface area contributed by atoms with Gasteiger partial charge in [0.05, 0.1) is 18.2 Å². The van der Waals surface area contributed by atoms with Crippen molar-refractivity contribution in [3.63, 3.8) is 0 Å². The number of nitrogens with zero attached hydrogens (tertiary/aromatic N) is 1. The van der Waals surface area contributed by atoms with Crippen LogP contribution >= 0.6 is 0 Å². The average molecular weight is 392 g/mol. The van der Waals surface area contributed by atoms with Gasteiger partial charge in [-0.1, -0.05) is 102 Å². The van der Waals surface area contributed by atoms with Crippen molar-refractivity contribution < 1.29 is 4.74 Å². The third-order valence-electron chi connectivity index (χ3n) is 5.47. The maximum absolute atomic E-state index is 8.89. The molecule has 0 saturated carbocycles. The van der Waals surface area contributed by atoms with Crippen LogP contribution in [0.15, 0.2) is 48.5 Å². The van der Waals surface area contributed by atoms with Crippen molar-refractivity contribution in [2.75, 3.05) is 6.61 Å². The van der Waals surface area contributed by atoms with Crippen LogP contribution in [0.1, 0.15) is 89.5 Å². The predicted octanol–water partition coefficient (Wildman–Crippen LogP) is 8.31. The van der Waals surface area contributed by atoms with Gasteiger partial charge in [-0.05, 0) is 41.8 Å². The molecule has 0 aliphatic heterocycles. The van der Waals surface area contributed by atoms with E-state index in [9.17, 15) is 0 Å².